The van der Waals surface area contributed by atoms with Crippen molar-refractivity contribution >= 4 is 18.0 Å². The predicted molar refractivity (Wildman–Crippen MR) is 57.5 cm³/mol. The van der Waals surface area contributed by atoms with E-state index >= 15 is 0 Å². The summed E-state index contributed by atoms with van der Waals surface area (Å²) < 4.78 is 0. The summed E-state index contributed by atoms with van der Waals surface area (Å²) in [6.07, 6.45) is 2.28. The van der Waals surface area contributed by atoms with Crippen LogP contribution in [0.1, 0.15) is 5.56 Å². The fourth-order valence-corrected chi connectivity index (χ4v) is 1.44. The fraction of sp³-hybridized carbons (Fsp3) is 0.182. The summed E-state index contributed by atoms with van der Waals surface area (Å²) in [7, 11) is 0. The summed E-state index contributed by atoms with van der Waals surface area (Å²) in [5.41, 5.74) is 1.13. The number of benzene rings is 1. The van der Waals surface area contributed by atoms with Gasteiger partial charge in [0.1, 0.15) is 0 Å². The van der Waals surface area contributed by atoms with Gasteiger partial charge >= 0.3 is 5.97 Å². The van der Waals surface area contributed by atoms with Gasteiger partial charge in [-0.2, -0.15) is 0 Å². The van der Waals surface area contributed by atoms with Crippen molar-refractivity contribution in [2.75, 3.05) is 0 Å². The van der Waals surface area contributed by atoms with Gasteiger partial charge in [0.25, 0.3) is 0 Å². The van der Waals surface area contributed by atoms with E-state index in [9.17, 15) is 4.79 Å². The van der Waals surface area contributed by atoms with E-state index in [-0.39, 0.29) is 11.9 Å². The number of hydrogen-bond donors (Lipinski definition) is 1. The minimum absolute atomic E-state index is 0.101. The largest absolute Gasteiger partial charge is 0.475 e. The van der Waals surface area contributed by atoms with Gasteiger partial charge in [-0.25, -0.2) is 9.79 Å². The van der Waals surface area contributed by atoms with Gasteiger partial charge in [-0.05, 0) is 12.0 Å². The Morgan fingerprint density at radius 3 is 2.67 bits per heavy atom. The van der Waals surface area contributed by atoms with E-state index in [0.717, 1.165) is 5.56 Å². The molecule has 4 heteroatoms. The first-order valence-corrected chi connectivity index (χ1v) is 4.65. The van der Waals surface area contributed by atoms with Crippen LogP contribution in [-0.4, -0.2) is 29.2 Å². The minimum atomic E-state index is -1.07. The number of amidine groups is 1. The van der Waals surface area contributed by atoms with E-state index in [1.165, 1.54) is 0 Å². The summed E-state index contributed by atoms with van der Waals surface area (Å²) in [6, 6.07) is 9.67. The quantitative estimate of drug-likeness (QED) is 0.799. The molecule has 0 aromatic heterocycles. The van der Waals surface area contributed by atoms with Crippen molar-refractivity contribution < 1.29 is 9.90 Å². The lowest BCUT2D eigenvalue weighted by Gasteiger charge is -2.02. The molecule has 1 atom stereocenters. The van der Waals surface area contributed by atoms with Gasteiger partial charge in [0, 0.05) is 6.21 Å². The second-order valence-corrected chi connectivity index (χ2v) is 3.29. The molecule has 0 amide bonds. The first-order chi connectivity index (χ1) is 7.25. The first kappa shape index (κ1) is 9.58. The van der Waals surface area contributed by atoms with Crippen LogP contribution in [-0.2, 0) is 11.2 Å². The number of carbonyl (C=O) groups is 1. The topological polar surface area (TPSA) is 62.0 Å². The average Bonchev–Trinajstić information content (AvgIpc) is 2.68. The Kier molecular flexibility index (Phi) is 2.58. The van der Waals surface area contributed by atoms with E-state index in [1.54, 1.807) is 6.21 Å². The van der Waals surface area contributed by atoms with Crippen LogP contribution in [0.2, 0.25) is 0 Å². The fourth-order valence-electron chi connectivity index (χ4n) is 1.44. The molecule has 0 aliphatic carbocycles. The molecular weight excluding hydrogens is 192 g/mol. The van der Waals surface area contributed by atoms with E-state index < -0.39 is 5.97 Å². The summed E-state index contributed by atoms with van der Waals surface area (Å²) in [5, 5.41) is 8.65. The zero-order valence-electron chi connectivity index (χ0n) is 8.00. The predicted octanol–water partition coefficient (Wildman–Crippen LogP) is 1.17. The molecule has 0 fully saturated rings. The Bertz CT molecular complexity index is 423. The number of carboxylic acid groups (broad SMARTS) is 1. The number of aliphatic carboxylic acids is 1. The molecule has 0 radical (unpaired) electrons. The monoisotopic (exact) mass is 202 g/mol. The van der Waals surface area contributed by atoms with E-state index in [2.05, 4.69) is 9.98 Å². The SMILES string of the molecule is O=C(O)C1=NC(Cc2ccccc2)C=N1. The highest BCUT2D eigenvalue weighted by Crippen LogP contribution is 2.08. The van der Waals surface area contributed by atoms with Crippen LogP contribution in [0.15, 0.2) is 40.3 Å². The minimum Gasteiger partial charge on any atom is -0.475 e. The van der Waals surface area contributed by atoms with Gasteiger partial charge in [0.2, 0.25) is 5.84 Å². The third-order valence-electron chi connectivity index (χ3n) is 2.14. The number of rotatable bonds is 3. The van der Waals surface area contributed by atoms with Crippen molar-refractivity contribution in [2.24, 2.45) is 9.98 Å². The van der Waals surface area contributed by atoms with E-state index in [0.29, 0.717) is 6.42 Å². The normalized spacial score (nSPS) is 18.9. The van der Waals surface area contributed by atoms with Crippen molar-refractivity contribution in [3.8, 4) is 0 Å². The van der Waals surface area contributed by atoms with Gasteiger partial charge in [0.05, 0.1) is 6.04 Å². The molecule has 76 valence electrons. The van der Waals surface area contributed by atoms with Crippen LogP contribution in [0, 0.1) is 0 Å². The first-order valence-electron chi connectivity index (χ1n) is 4.65. The summed E-state index contributed by atoms with van der Waals surface area (Å²) in [6.45, 7) is 0. The Morgan fingerprint density at radius 2 is 2.07 bits per heavy atom. The third kappa shape index (κ3) is 2.28. The maximum atomic E-state index is 10.6. The van der Waals surface area contributed by atoms with Crippen molar-refractivity contribution in [2.45, 2.75) is 12.5 Å². The highest BCUT2D eigenvalue weighted by atomic mass is 16.4. The Hall–Kier alpha value is -1.97. The summed E-state index contributed by atoms with van der Waals surface area (Å²) in [5.74, 6) is -1.17. The lowest BCUT2D eigenvalue weighted by molar-refractivity contribution is -0.129. The Balaban J connectivity index is 2.05. The molecule has 1 aliphatic heterocycles. The Labute approximate surface area is 87.0 Å². The van der Waals surface area contributed by atoms with Crippen molar-refractivity contribution in [1.82, 2.24) is 0 Å². The smallest absolute Gasteiger partial charge is 0.373 e. The molecular formula is C11H10N2O2. The lowest BCUT2D eigenvalue weighted by atomic mass is 10.1. The number of aliphatic imine (C=N–C) groups is 2. The third-order valence-corrected chi connectivity index (χ3v) is 2.14. The van der Waals surface area contributed by atoms with Crippen LogP contribution >= 0.6 is 0 Å². The molecule has 1 N–H and O–H groups in total. The van der Waals surface area contributed by atoms with Gasteiger partial charge in [-0.15, -0.1) is 0 Å². The molecule has 15 heavy (non-hydrogen) atoms. The van der Waals surface area contributed by atoms with Gasteiger partial charge in [-0.1, -0.05) is 30.3 Å². The van der Waals surface area contributed by atoms with Gasteiger partial charge in [-0.3, -0.25) is 4.99 Å². The molecule has 0 saturated carbocycles. The lowest BCUT2D eigenvalue weighted by Crippen LogP contribution is -2.10. The molecule has 1 aliphatic rings. The molecule has 1 unspecified atom stereocenters. The maximum Gasteiger partial charge on any atom is 0.373 e. The molecule has 1 heterocycles. The molecule has 0 bridgehead atoms. The zero-order chi connectivity index (χ0) is 10.7. The zero-order valence-corrected chi connectivity index (χ0v) is 8.00. The van der Waals surface area contributed by atoms with Crippen LogP contribution in [0.4, 0.5) is 0 Å². The average molecular weight is 202 g/mol. The van der Waals surface area contributed by atoms with E-state index in [4.69, 9.17) is 5.11 Å². The molecule has 0 saturated heterocycles. The van der Waals surface area contributed by atoms with Crippen LogP contribution < -0.4 is 0 Å². The van der Waals surface area contributed by atoms with Crippen molar-refractivity contribution in [3.63, 3.8) is 0 Å². The molecule has 2 rings (SSSR count). The number of nitrogens with zero attached hydrogens (tertiary/aromatic N) is 2. The standard InChI is InChI=1S/C11H10N2O2/c14-11(15)10-12-7-9(13-10)6-8-4-2-1-3-5-8/h1-5,7,9H,6H2,(H,14,15). The summed E-state index contributed by atoms with van der Waals surface area (Å²) >= 11 is 0. The van der Waals surface area contributed by atoms with Crippen molar-refractivity contribution in [1.29, 1.82) is 0 Å². The second-order valence-electron chi connectivity index (χ2n) is 3.29. The highest BCUT2D eigenvalue weighted by molar-refractivity contribution is 6.37. The van der Waals surface area contributed by atoms with Gasteiger partial charge in [0.15, 0.2) is 0 Å². The van der Waals surface area contributed by atoms with Crippen molar-refractivity contribution in [3.05, 3.63) is 35.9 Å². The summed E-state index contributed by atoms with van der Waals surface area (Å²) in [4.78, 5) is 18.3. The van der Waals surface area contributed by atoms with Crippen LogP contribution in [0.3, 0.4) is 0 Å². The molecule has 4 nitrogen and oxygen atoms in total. The van der Waals surface area contributed by atoms with Crippen LogP contribution in [0.25, 0.3) is 0 Å². The molecule has 1 aromatic rings. The second kappa shape index (κ2) is 4.04. The maximum absolute atomic E-state index is 10.6. The molecule has 1 aromatic carbocycles. The molecule has 0 spiro atoms. The number of hydrogen-bond acceptors (Lipinski definition) is 3. The number of carboxylic acids is 1. The Morgan fingerprint density at radius 1 is 1.33 bits per heavy atom. The van der Waals surface area contributed by atoms with E-state index in [1.807, 2.05) is 30.3 Å². The van der Waals surface area contributed by atoms with Gasteiger partial charge < -0.3 is 5.11 Å². The van der Waals surface area contributed by atoms with Crippen LogP contribution in [0.5, 0.6) is 0 Å². The highest BCUT2D eigenvalue weighted by Gasteiger charge is 2.17.